The first-order chi connectivity index (χ1) is 6.68. The molecule has 0 unspecified atom stereocenters. The average Bonchev–Trinajstić information content (AvgIpc) is 2.71. The zero-order chi connectivity index (χ0) is 10.1. The minimum Gasteiger partial charge on any atom is -0.368 e. The van der Waals surface area contributed by atoms with Crippen molar-refractivity contribution in [3.63, 3.8) is 0 Å². The largest absolute Gasteiger partial charge is 0.368 e. The summed E-state index contributed by atoms with van der Waals surface area (Å²) in [6.07, 6.45) is 4.92. The molecule has 1 aliphatic carbocycles. The SMILES string of the molecule is CN(C)c1nc(N)n(C2CCCC2)n1. The number of aromatic nitrogens is 3. The van der Waals surface area contributed by atoms with Crippen LogP contribution in [0.5, 0.6) is 0 Å². The van der Waals surface area contributed by atoms with Crippen LogP contribution in [0.2, 0.25) is 0 Å². The third kappa shape index (κ3) is 1.54. The van der Waals surface area contributed by atoms with Gasteiger partial charge in [-0.05, 0) is 12.8 Å². The highest BCUT2D eigenvalue weighted by Crippen LogP contribution is 2.30. The lowest BCUT2D eigenvalue weighted by Crippen LogP contribution is -2.12. The maximum atomic E-state index is 5.82. The molecule has 1 saturated carbocycles. The van der Waals surface area contributed by atoms with Crippen molar-refractivity contribution in [2.75, 3.05) is 24.7 Å². The van der Waals surface area contributed by atoms with Crippen molar-refractivity contribution in [2.24, 2.45) is 0 Å². The molecule has 0 radical (unpaired) electrons. The number of anilines is 2. The van der Waals surface area contributed by atoms with Crippen molar-refractivity contribution in [1.29, 1.82) is 0 Å². The molecule has 0 saturated heterocycles. The lowest BCUT2D eigenvalue weighted by molar-refractivity contribution is 0.473. The van der Waals surface area contributed by atoms with Gasteiger partial charge in [0.05, 0.1) is 6.04 Å². The van der Waals surface area contributed by atoms with E-state index in [9.17, 15) is 0 Å². The zero-order valence-corrected chi connectivity index (χ0v) is 8.77. The number of rotatable bonds is 2. The molecule has 5 heteroatoms. The van der Waals surface area contributed by atoms with Gasteiger partial charge in [0.2, 0.25) is 11.9 Å². The van der Waals surface area contributed by atoms with Gasteiger partial charge in [-0.1, -0.05) is 12.8 Å². The molecule has 5 nitrogen and oxygen atoms in total. The monoisotopic (exact) mass is 195 g/mol. The van der Waals surface area contributed by atoms with Gasteiger partial charge >= 0.3 is 0 Å². The predicted octanol–water partition coefficient (Wildman–Crippen LogP) is 1.04. The van der Waals surface area contributed by atoms with Crippen LogP contribution in [0.4, 0.5) is 11.9 Å². The molecule has 0 amide bonds. The Kier molecular flexibility index (Phi) is 2.31. The Hall–Kier alpha value is -1.26. The van der Waals surface area contributed by atoms with Gasteiger partial charge in [-0.2, -0.15) is 4.98 Å². The molecule has 78 valence electrons. The van der Waals surface area contributed by atoms with Crippen LogP contribution in [-0.2, 0) is 0 Å². The van der Waals surface area contributed by atoms with E-state index in [1.165, 1.54) is 25.7 Å². The van der Waals surface area contributed by atoms with Gasteiger partial charge in [0.15, 0.2) is 0 Å². The molecule has 0 aromatic carbocycles. The van der Waals surface area contributed by atoms with Crippen molar-refractivity contribution >= 4 is 11.9 Å². The first-order valence-electron chi connectivity index (χ1n) is 5.08. The lowest BCUT2D eigenvalue weighted by atomic mass is 10.3. The Bertz CT molecular complexity index is 311. The number of hydrogen-bond donors (Lipinski definition) is 1. The Balaban J connectivity index is 2.24. The maximum absolute atomic E-state index is 5.82. The van der Waals surface area contributed by atoms with Gasteiger partial charge in [-0.25, -0.2) is 4.68 Å². The maximum Gasteiger partial charge on any atom is 0.246 e. The highest BCUT2D eigenvalue weighted by molar-refractivity contribution is 5.33. The molecular weight excluding hydrogens is 178 g/mol. The fourth-order valence-electron chi connectivity index (χ4n) is 1.93. The van der Waals surface area contributed by atoms with E-state index >= 15 is 0 Å². The quantitative estimate of drug-likeness (QED) is 0.766. The third-order valence-electron chi connectivity index (χ3n) is 2.72. The normalized spacial score (nSPS) is 17.6. The first kappa shape index (κ1) is 9.30. The molecule has 1 aromatic heterocycles. The molecule has 1 aliphatic rings. The average molecular weight is 195 g/mol. The van der Waals surface area contributed by atoms with E-state index in [1.807, 2.05) is 23.7 Å². The molecule has 1 fully saturated rings. The van der Waals surface area contributed by atoms with Gasteiger partial charge in [0, 0.05) is 14.1 Å². The summed E-state index contributed by atoms with van der Waals surface area (Å²) < 4.78 is 1.88. The second-order valence-electron chi connectivity index (χ2n) is 4.05. The van der Waals surface area contributed by atoms with Gasteiger partial charge in [0.1, 0.15) is 0 Å². The molecule has 0 atom stereocenters. The summed E-state index contributed by atoms with van der Waals surface area (Å²) in [5.41, 5.74) is 5.82. The topological polar surface area (TPSA) is 60.0 Å². The molecule has 14 heavy (non-hydrogen) atoms. The van der Waals surface area contributed by atoms with Crippen LogP contribution < -0.4 is 10.6 Å². The highest BCUT2D eigenvalue weighted by atomic mass is 15.5. The number of nitrogens with zero attached hydrogens (tertiary/aromatic N) is 4. The van der Waals surface area contributed by atoms with Crippen LogP contribution in [0, 0.1) is 0 Å². The number of nitrogens with two attached hydrogens (primary N) is 1. The van der Waals surface area contributed by atoms with E-state index in [1.54, 1.807) is 0 Å². The number of hydrogen-bond acceptors (Lipinski definition) is 4. The Morgan fingerprint density at radius 3 is 2.50 bits per heavy atom. The van der Waals surface area contributed by atoms with Crippen molar-refractivity contribution in [3.05, 3.63) is 0 Å². The van der Waals surface area contributed by atoms with Crippen molar-refractivity contribution in [3.8, 4) is 0 Å². The van der Waals surface area contributed by atoms with Crippen LogP contribution in [0.15, 0.2) is 0 Å². The van der Waals surface area contributed by atoms with Crippen LogP contribution in [0.1, 0.15) is 31.7 Å². The Morgan fingerprint density at radius 2 is 2.00 bits per heavy atom. The molecule has 1 heterocycles. The Morgan fingerprint density at radius 1 is 1.36 bits per heavy atom. The predicted molar refractivity (Wildman–Crippen MR) is 56.3 cm³/mol. The van der Waals surface area contributed by atoms with E-state index in [4.69, 9.17) is 5.73 Å². The molecule has 2 N–H and O–H groups in total. The summed E-state index contributed by atoms with van der Waals surface area (Å²) in [5.74, 6) is 1.25. The van der Waals surface area contributed by atoms with E-state index in [-0.39, 0.29) is 0 Å². The molecule has 0 aliphatic heterocycles. The molecule has 0 spiro atoms. The summed E-state index contributed by atoms with van der Waals surface area (Å²) in [6, 6.07) is 0.469. The van der Waals surface area contributed by atoms with Gasteiger partial charge < -0.3 is 10.6 Å². The first-order valence-corrected chi connectivity index (χ1v) is 5.08. The minimum absolute atomic E-state index is 0.469. The number of nitrogen functional groups attached to an aromatic ring is 1. The van der Waals surface area contributed by atoms with Crippen LogP contribution in [0.25, 0.3) is 0 Å². The van der Waals surface area contributed by atoms with Crippen LogP contribution in [-0.4, -0.2) is 28.9 Å². The summed E-state index contributed by atoms with van der Waals surface area (Å²) in [4.78, 5) is 6.09. The van der Waals surface area contributed by atoms with Crippen molar-refractivity contribution in [1.82, 2.24) is 14.8 Å². The van der Waals surface area contributed by atoms with Crippen molar-refractivity contribution in [2.45, 2.75) is 31.7 Å². The van der Waals surface area contributed by atoms with Gasteiger partial charge in [-0.3, -0.25) is 0 Å². The summed E-state index contributed by atoms with van der Waals surface area (Å²) >= 11 is 0. The molecule has 1 aromatic rings. The fraction of sp³-hybridized carbons (Fsp3) is 0.778. The standard InChI is InChI=1S/C9H17N5/c1-13(2)9-11-8(10)14(12-9)7-5-3-4-6-7/h7H,3-6H2,1-2H3,(H2,10,11,12). The van der Waals surface area contributed by atoms with Gasteiger partial charge in [0.25, 0.3) is 0 Å². The second-order valence-corrected chi connectivity index (χ2v) is 4.05. The Labute approximate surface area is 83.9 Å². The second kappa shape index (κ2) is 3.48. The van der Waals surface area contributed by atoms with Gasteiger partial charge in [-0.15, -0.1) is 5.10 Å². The third-order valence-corrected chi connectivity index (χ3v) is 2.72. The smallest absolute Gasteiger partial charge is 0.246 e. The van der Waals surface area contributed by atoms with E-state index in [0.29, 0.717) is 17.9 Å². The highest BCUT2D eigenvalue weighted by Gasteiger charge is 2.21. The fourth-order valence-corrected chi connectivity index (χ4v) is 1.93. The molecular formula is C9H17N5. The van der Waals surface area contributed by atoms with Crippen molar-refractivity contribution < 1.29 is 0 Å². The molecule has 0 bridgehead atoms. The summed E-state index contributed by atoms with van der Waals surface area (Å²) in [5, 5.41) is 4.40. The van der Waals surface area contributed by atoms with E-state index < -0.39 is 0 Å². The zero-order valence-electron chi connectivity index (χ0n) is 8.77. The lowest BCUT2D eigenvalue weighted by Gasteiger charge is -2.10. The van der Waals surface area contributed by atoms with Crippen LogP contribution in [0.3, 0.4) is 0 Å². The van der Waals surface area contributed by atoms with E-state index in [0.717, 1.165) is 0 Å². The van der Waals surface area contributed by atoms with Crippen LogP contribution >= 0.6 is 0 Å². The minimum atomic E-state index is 0.469. The van der Waals surface area contributed by atoms with E-state index in [2.05, 4.69) is 10.1 Å². The summed E-state index contributed by atoms with van der Waals surface area (Å²) in [6.45, 7) is 0. The molecule has 2 rings (SSSR count). The summed E-state index contributed by atoms with van der Waals surface area (Å²) in [7, 11) is 3.85.